The van der Waals surface area contributed by atoms with Crippen molar-refractivity contribution in [3.05, 3.63) is 0 Å². The predicted octanol–water partition coefficient (Wildman–Crippen LogP) is -0.256. The SMILES string of the molecule is CN1CCCC(C(C(N)=O)N(C)C)C1. The first-order valence-electron chi connectivity index (χ1n) is 5.16. The van der Waals surface area contributed by atoms with E-state index in [0.29, 0.717) is 5.92 Å². The molecule has 2 unspecified atom stereocenters. The second kappa shape index (κ2) is 4.75. The summed E-state index contributed by atoms with van der Waals surface area (Å²) in [6, 6.07) is -0.113. The highest BCUT2D eigenvalue weighted by molar-refractivity contribution is 5.80. The van der Waals surface area contributed by atoms with Crippen LogP contribution in [0.25, 0.3) is 0 Å². The Hall–Kier alpha value is -0.610. The van der Waals surface area contributed by atoms with Crippen molar-refractivity contribution in [2.75, 3.05) is 34.2 Å². The van der Waals surface area contributed by atoms with Crippen molar-refractivity contribution < 1.29 is 4.79 Å². The summed E-state index contributed by atoms with van der Waals surface area (Å²) in [4.78, 5) is 15.5. The quantitative estimate of drug-likeness (QED) is 0.681. The first kappa shape index (κ1) is 11.5. The number of likely N-dealkylation sites (tertiary alicyclic amines) is 1. The molecule has 1 aliphatic heterocycles. The molecule has 0 aromatic carbocycles. The molecule has 0 saturated carbocycles. The van der Waals surface area contributed by atoms with Gasteiger partial charge in [0.1, 0.15) is 0 Å². The number of nitrogens with zero attached hydrogens (tertiary/aromatic N) is 2. The molecule has 0 aromatic rings. The second-order valence-electron chi connectivity index (χ2n) is 4.48. The van der Waals surface area contributed by atoms with Crippen LogP contribution in [0.3, 0.4) is 0 Å². The van der Waals surface area contributed by atoms with Gasteiger partial charge in [0, 0.05) is 6.54 Å². The molecular weight excluding hydrogens is 178 g/mol. The Morgan fingerprint density at radius 2 is 2.21 bits per heavy atom. The average Bonchev–Trinajstić information content (AvgIpc) is 2.02. The number of likely N-dealkylation sites (N-methyl/N-ethyl adjacent to an activating group) is 1. The first-order valence-corrected chi connectivity index (χ1v) is 5.16. The van der Waals surface area contributed by atoms with Gasteiger partial charge in [0.2, 0.25) is 5.91 Å². The van der Waals surface area contributed by atoms with Crippen LogP contribution in [0.4, 0.5) is 0 Å². The molecule has 1 saturated heterocycles. The van der Waals surface area contributed by atoms with Gasteiger partial charge in [-0.25, -0.2) is 0 Å². The molecule has 0 aromatic heterocycles. The standard InChI is InChI=1S/C10H21N3O/c1-12(2)9(10(11)14)8-5-4-6-13(3)7-8/h8-9H,4-7H2,1-3H3,(H2,11,14). The monoisotopic (exact) mass is 199 g/mol. The van der Waals surface area contributed by atoms with Crippen LogP contribution in [0.1, 0.15) is 12.8 Å². The molecule has 1 rings (SSSR count). The zero-order valence-corrected chi connectivity index (χ0v) is 9.36. The van der Waals surface area contributed by atoms with Crippen LogP contribution in [0.5, 0.6) is 0 Å². The number of hydrogen-bond donors (Lipinski definition) is 1. The molecule has 1 heterocycles. The molecule has 0 radical (unpaired) electrons. The molecule has 0 bridgehead atoms. The highest BCUT2D eigenvalue weighted by atomic mass is 16.1. The average molecular weight is 199 g/mol. The molecule has 82 valence electrons. The van der Waals surface area contributed by atoms with E-state index < -0.39 is 0 Å². The molecular formula is C10H21N3O. The minimum atomic E-state index is -0.199. The van der Waals surface area contributed by atoms with Crippen molar-refractivity contribution in [2.45, 2.75) is 18.9 Å². The number of carbonyl (C=O) groups excluding carboxylic acids is 1. The maximum absolute atomic E-state index is 11.3. The number of hydrogen-bond acceptors (Lipinski definition) is 3. The van der Waals surface area contributed by atoms with E-state index >= 15 is 0 Å². The van der Waals surface area contributed by atoms with Crippen molar-refractivity contribution in [1.82, 2.24) is 9.80 Å². The van der Waals surface area contributed by atoms with Crippen molar-refractivity contribution in [3.63, 3.8) is 0 Å². The van der Waals surface area contributed by atoms with Crippen molar-refractivity contribution in [3.8, 4) is 0 Å². The van der Waals surface area contributed by atoms with Crippen molar-refractivity contribution >= 4 is 5.91 Å². The number of nitrogens with two attached hydrogens (primary N) is 1. The third-order valence-electron chi connectivity index (χ3n) is 2.96. The third kappa shape index (κ3) is 2.69. The van der Waals surface area contributed by atoms with Gasteiger partial charge in [0.15, 0.2) is 0 Å². The number of piperidine rings is 1. The highest BCUT2D eigenvalue weighted by Gasteiger charge is 2.30. The maximum Gasteiger partial charge on any atom is 0.235 e. The van der Waals surface area contributed by atoms with Gasteiger partial charge in [0.05, 0.1) is 6.04 Å². The lowest BCUT2D eigenvalue weighted by molar-refractivity contribution is -0.124. The zero-order valence-electron chi connectivity index (χ0n) is 9.36. The molecule has 4 nitrogen and oxygen atoms in total. The van der Waals surface area contributed by atoms with E-state index in [-0.39, 0.29) is 11.9 Å². The molecule has 14 heavy (non-hydrogen) atoms. The Kier molecular flexibility index (Phi) is 3.89. The predicted molar refractivity (Wildman–Crippen MR) is 56.9 cm³/mol. The normalized spacial score (nSPS) is 26.4. The van der Waals surface area contributed by atoms with Crippen LogP contribution in [-0.4, -0.2) is 56.0 Å². The zero-order chi connectivity index (χ0) is 10.7. The van der Waals surface area contributed by atoms with Crippen LogP contribution in [0.15, 0.2) is 0 Å². The molecule has 2 N–H and O–H groups in total. The number of rotatable bonds is 3. The summed E-state index contributed by atoms with van der Waals surface area (Å²) >= 11 is 0. The Morgan fingerprint density at radius 1 is 1.57 bits per heavy atom. The van der Waals surface area contributed by atoms with E-state index in [1.165, 1.54) is 6.42 Å². The summed E-state index contributed by atoms with van der Waals surface area (Å²) < 4.78 is 0. The summed E-state index contributed by atoms with van der Waals surface area (Å²) in [5, 5.41) is 0. The Labute approximate surface area is 86.0 Å². The number of primary amides is 1. The van der Waals surface area contributed by atoms with Gasteiger partial charge < -0.3 is 10.6 Å². The summed E-state index contributed by atoms with van der Waals surface area (Å²) in [5.74, 6) is 0.191. The molecule has 4 heteroatoms. The van der Waals surface area contributed by atoms with E-state index in [9.17, 15) is 4.79 Å². The van der Waals surface area contributed by atoms with Crippen LogP contribution in [0, 0.1) is 5.92 Å². The number of carbonyl (C=O) groups is 1. The minimum Gasteiger partial charge on any atom is -0.368 e. The summed E-state index contributed by atoms with van der Waals surface area (Å²) in [6.45, 7) is 2.11. The lowest BCUT2D eigenvalue weighted by Gasteiger charge is -2.36. The summed E-state index contributed by atoms with van der Waals surface area (Å²) in [7, 11) is 5.94. The van der Waals surface area contributed by atoms with Crippen LogP contribution < -0.4 is 5.73 Å². The van der Waals surface area contributed by atoms with E-state index in [1.807, 2.05) is 19.0 Å². The topological polar surface area (TPSA) is 49.6 Å². The molecule has 1 fully saturated rings. The fraction of sp³-hybridized carbons (Fsp3) is 0.900. The van der Waals surface area contributed by atoms with Crippen LogP contribution in [-0.2, 0) is 4.79 Å². The van der Waals surface area contributed by atoms with Crippen LogP contribution in [0.2, 0.25) is 0 Å². The van der Waals surface area contributed by atoms with E-state index in [2.05, 4.69) is 11.9 Å². The van der Waals surface area contributed by atoms with Gasteiger partial charge in [-0.2, -0.15) is 0 Å². The third-order valence-corrected chi connectivity index (χ3v) is 2.96. The van der Waals surface area contributed by atoms with Crippen molar-refractivity contribution in [1.29, 1.82) is 0 Å². The lowest BCUT2D eigenvalue weighted by Crippen LogP contribution is -2.50. The minimum absolute atomic E-state index is 0.113. The van der Waals surface area contributed by atoms with Crippen molar-refractivity contribution in [2.24, 2.45) is 11.7 Å². The Balaban J connectivity index is 2.63. The fourth-order valence-corrected chi connectivity index (χ4v) is 2.37. The smallest absolute Gasteiger partial charge is 0.235 e. The van der Waals surface area contributed by atoms with Gasteiger partial charge in [-0.05, 0) is 46.4 Å². The maximum atomic E-state index is 11.3. The van der Waals surface area contributed by atoms with Gasteiger partial charge in [-0.3, -0.25) is 9.69 Å². The van der Waals surface area contributed by atoms with Gasteiger partial charge >= 0.3 is 0 Å². The molecule has 0 aliphatic carbocycles. The van der Waals surface area contributed by atoms with E-state index in [4.69, 9.17) is 5.73 Å². The second-order valence-corrected chi connectivity index (χ2v) is 4.48. The van der Waals surface area contributed by atoms with Gasteiger partial charge in [-0.1, -0.05) is 0 Å². The molecule has 1 amide bonds. The first-order chi connectivity index (χ1) is 6.52. The fourth-order valence-electron chi connectivity index (χ4n) is 2.37. The lowest BCUT2D eigenvalue weighted by atomic mass is 9.90. The molecule has 1 aliphatic rings. The highest BCUT2D eigenvalue weighted by Crippen LogP contribution is 2.20. The Morgan fingerprint density at radius 3 is 2.64 bits per heavy atom. The van der Waals surface area contributed by atoms with E-state index in [0.717, 1.165) is 19.5 Å². The largest absolute Gasteiger partial charge is 0.368 e. The van der Waals surface area contributed by atoms with Gasteiger partial charge in [-0.15, -0.1) is 0 Å². The molecule has 0 spiro atoms. The molecule has 2 atom stereocenters. The Bertz CT molecular complexity index is 206. The van der Waals surface area contributed by atoms with Crippen LogP contribution >= 0.6 is 0 Å². The summed E-state index contributed by atoms with van der Waals surface area (Å²) in [6.07, 6.45) is 2.27. The number of amides is 1. The summed E-state index contributed by atoms with van der Waals surface area (Å²) in [5.41, 5.74) is 5.41. The van der Waals surface area contributed by atoms with E-state index in [1.54, 1.807) is 0 Å². The van der Waals surface area contributed by atoms with Gasteiger partial charge in [0.25, 0.3) is 0 Å².